The summed E-state index contributed by atoms with van der Waals surface area (Å²) in [4.78, 5) is 38.0. The first-order chi connectivity index (χ1) is 15.2. The van der Waals surface area contributed by atoms with Crippen LogP contribution in [0, 0.1) is 6.92 Å². The first-order valence-corrected chi connectivity index (χ1v) is 10.6. The van der Waals surface area contributed by atoms with Crippen LogP contribution in [0.2, 0.25) is 0 Å². The van der Waals surface area contributed by atoms with Crippen LogP contribution in [0.4, 0.5) is 5.69 Å². The Balaban J connectivity index is 1.67. The summed E-state index contributed by atoms with van der Waals surface area (Å²) in [7, 11) is 0. The summed E-state index contributed by atoms with van der Waals surface area (Å²) < 4.78 is 6.58. The maximum Gasteiger partial charge on any atom is 0.335 e. The number of nitrogens with zero attached hydrogens (tertiary/aromatic N) is 1. The molecule has 0 spiro atoms. The number of halogens is 1. The van der Waals surface area contributed by atoms with Crippen LogP contribution in [0.3, 0.4) is 0 Å². The lowest BCUT2D eigenvalue weighted by Crippen LogP contribution is -2.54. The second kappa shape index (κ2) is 8.52. The van der Waals surface area contributed by atoms with Crippen LogP contribution in [-0.4, -0.2) is 28.0 Å². The van der Waals surface area contributed by atoms with Crippen LogP contribution in [0.25, 0.3) is 17.4 Å². The van der Waals surface area contributed by atoms with Crippen molar-refractivity contribution in [3.8, 4) is 11.3 Å². The van der Waals surface area contributed by atoms with Crippen LogP contribution in [0.1, 0.15) is 21.7 Å². The third kappa shape index (κ3) is 4.12. The normalized spacial score (nSPS) is 15.2. The molecule has 0 atom stereocenters. The van der Waals surface area contributed by atoms with Gasteiger partial charge in [0, 0.05) is 10.0 Å². The highest BCUT2D eigenvalue weighted by Gasteiger charge is 2.34. The third-order valence-electron chi connectivity index (χ3n) is 4.82. The topological polar surface area (TPSA) is 99.8 Å². The molecular formula is C23H15BrN2O5S. The Kier molecular flexibility index (Phi) is 5.77. The zero-order chi connectivity index (χ0) is 23.0. The fourth-order valence-electron chi connectivity index (χ4n) is 3.30. The molecule has 160 valence electrons. The number of carboxylic acid groups (broad SMARTS) is 1. The summed E-state index contributed by atoms with van der Waals surface area (Å²) in [5.41, 5.74) is 1.98. The Morgan fingerprint density at radius 2 is 1.94 bits per heavy atom. The van der Waals surface area contributed by atoms with E-state index in [0.717, 1.165) is 10.0 Å². The first-order valence-electron chi connectivity index (χ1n) is 9.36. The van der Waals surface area contributed by atoms with Gasteiger partial charge in [0.1, 0.15) is 17.1 Å². The van der Waals surface area contributed by atoms with Crippen molar-refractivity contribution in [3.05, 3.63) is 81.5 Å². The number of hydrogen-bond donors (Lipinski definition) is 2. The molecule has 1 fully saturated rings. The summed E-state index contributed by atoms with van der Waals surface area (Å²) in [5.74, 6) is -1.43. The molecule has 1 aliphatic rings. The van der Waals surface area contributed by atoms with Gasteiger partial charge in [0.25, 0.3) is 11.8 Å². The quantitative estimate of drug-likeness (QED) is 0.303. The molecule has 32 heavy (non-hydrogen) atoms. The summed E-state index contributed by atoms with van der Waals surface area (Å²) in [6, 6.07) is 15.0. The number of hydrogen-bond acceptors (Lipinski definition) is 5. The van der Waals surface area contributed by atoms with Gasteiger partial charge in [-0.3, -0.25) is 19.8 Å². The van der Waals surface area contributed by atoms with Crippen molar-refractivity contribution in [2.24, 2.45) is 0 Å². The Hall–Kier alpha value is -3.56. The van der Waals surface area contributed by atoms with Crippen molar-refractivity contribution in [3.63, 3.8) is 0 Å². The first kappa shape index (κ1) is 21.7. The number of aryl methyl sites for hydroxylation is 1. The van der Waals surface area contributed by atoms with Gasteiger partial charge in [-0.25, -0.2) is 4.79 Å². The van der Waals surface area contributed by atoms with Gasteiger partial charge in [0.05, 0.1) is 11.3 Å². The fourth-order valence-corrected chi connectivity index (χ4v) is 3.97. The molecule has 3 aromatic rings. The van der Waals surface area contributed by atoms with E-state index in [2.05, 4.69) is 21.2 Å². The number of amides is 2. The minimum absolute atomic E-state index is 0.00970. The van der Waals surface area contributed by atoms with Gasteiger partial charge in [0.2, 0.25) is 0 Å². The van der Waals surface area contributed by atoms with Crippen molar-refractivity contribution < 1.29 is 23.9 Å². The van der Waals surface area contributed by atoms with E-state index in [1.165, 1.54) is 17.0 Å². The average molecular weight is 511 g/mol. The van der Waals surface area contributed by atoms with E-state index in [-0.39, 0.29) is 16.2 Å². The maximum absolute atomic E-state index is 13.1. The number of nitrogens with one attached hydrogen (secondary N) is 1. The highest BCUT2D eigenvalue weighted by molar-refractivity contribution is 9.10. The molecule has 9 heteroatoms. The van der Waals surface area contributed by atoms with Crippen LogP contribution < -0.4 is 10.2 Å². The van der Waals surface area contributed by atoms with Crippen LogP contribution in [-0.2, 0) is 9.59 Å². The summed E-state index contributed by atoms with van der Waals surface area (Å²) >= 11 is 8.56. The molecule has 7 nitrogen and oxygen atoms in total. The van der Waals surface area contributed by atoms with Gasteiger partial charge in [0.15, 0.2) is 5.11 Å². The second-order valence-corrected chi connectivity index (χ2v) is 8.28. The van der Waals surface area contributed by atoms with Crippen LogP contribution in [0.5, 0.6) is 0 Å². The maximum atomic E-state index is 13.1. The molecule has 0 aliphatic carbocycles. The predicted octanol–water partition coefficient (Wildman–Crippen LogP) is 4.55. The van der Waals surface area contributed by atoms with Crippen molar-refractivity contribution in [2.75, 3.05) is 4.90 Å². The molecule has 1 aliphatic heterocycles. The summed E-state index contributed by atoms with van der Waals surface area (Å²) in [6.07, 6.45) is 1.36. The number of thiocarbonyl (C=S) groups is 1. The highest BCUT2D eigenvalue weighted by atomic mass is 79.9. The van der Waals surface area contributed by atoms with E-state index in [0.29, 0.717) is 22.8 Å². The van der Waals surface area contributed by atoms with E-state index >= 15 is 0 Å². The lowest BCUT2D eigenvalue weighted by Gasteiger charge is -2.28. The Morgan fingerprint density at radius 1 is 1.16 bits per heavy atom. The standard InChI is InChI=1S/C23H15BrN2O5S/c1-12-9-13(22(29)30)5-7-17(12)19-8-6-16(31-19)11-18-20(27)25-23(32)26(21(18)28)15-4-2-3-14(24)10-15/h2-11H,1H3,(H,29,30)(H,25,27,32)/b18-11+. The molecule has 4 rings (SSSR count). The van der Waals surface area contributed by atoms with Crippen molar-refractivity contribution >= 4 is 62.8 Å². The molecule has 2 heterocycles. The molecule has 1 saturated heterocycles. The minimum Gasteiger partial charge on any atom is -0.478 e. The monoisotopic (exact) mass is 510 g/mol. The molecule has 2 amide bonds. The van der Waals surface area contributed by atoms with Gasteiger partial charge in [-0.05, 0) is 73.2 Å². The molecule has 2 N–H and O–H groups in total. The Bertz CT molecular complexity index is 1330. The Morgan fingerprint density at radius 3 is 2.62 bits per heavy atom. The lowest BCUT2D eigenvalue weighted by atomic mass is 10.0. The van der Waals surface area contributed by atoms with Gasteiger partial charge in [-0.15, -0.1) is 0 Å². The Labute approximate surface area is 196 Å². The number of carboxylic acids is 1. The number of benzene rings is 2. The van der Waals surface area contributed by atoms with E-state index in [4.69, 9.17) is 21.7 Å². The molecule has 0 saturated carbocycles. The molecule has 0 unspecified atom stereocenters. The van der Waals surface area contributed by atoms with Crippen molar-refractivity contribution in [1.82, 2.24) is 5.32 Å². The molecule has 0 bridgehead atoms. The van der Waals surface area contributed by atoms with Gasteiger partial charge >= 0.3 is 5.97 Å². The van der Waals surface area contributed by atoms with Gasteiger partial charge in [-0.2, -0.15) is 0 Å². The second-order valence-electron chi connectivity index (χ2n) is 6.97. The third-order valence-corrected chi connectivity index (χ3v) is 5.60. The molecule has 1 aromatic heterocycles. The van der Waals surface area contributed by atoms with E-state index in [9.17, 15) is 14.4 Å². The molecular weight excluding hydrogens is 496 g/mol. The number of aromatic carboxylic acids is 1. The van der Waals surface area contributed by atoms with Crippen molar-refractivity contribution in [1.29, 1.82) is 0 Å². The lowest BCUT2D eigenvalue weighted by molar-refractivity contribution is -0.122. The minimum atomic E-state index is -1.01. The van der Waals surface area contributed by atoms with E-state index in [1.807, 2.05) is 6.07 Å². The van der Waals surface area contributed by atoms with E-state index < -0.39 is 17.8 Å². The fraction of sp³-hybridized carbons (Fsp3) is 0.0435. The zero-order valence-electron chi connectivity index (χ0n) is 16.6. The zero-order valence-corrected chi connectivity index (χ0v) is 19.0. The van der Waals surface area contributed by atoms with Gasteiger partial charge in [-0.1, -0.05) is 28.1 Å². The summed E-state index contributed by atoms with van der Waals surface area (Å²) in [6.45, 7) is 1.78. The predicted molar refractivity (Wildman–Crippen MR) is 126 cm³/mol. The smallest absolute Gasteiger partial charge is 0.335 e. The van der Waals surface area contributed by atoms with Crippen LogP contribution >= 0.6 is 28.1 Å². The number of carbonyl (C=O) groups is 3. The average Bonchev–Trinajstić information content (AvgIpc) is 3.19. The van der Waals surface area contributed by atoms with Gasteiger partial charge < -0.3 is 9.52 Å². The largest absolute Gasteiger partial charge is 0.478 e. The molecule has 2 aromatic carbocycles. The number of anilines is 1. The molecule has 0 radical (unpaired) electrons. The summed E-state index contributed by atoms with van der Waals surface area (Å²) in [5, 5.41) is 11.6. The van der Waals surface area contributed by atoms with Crippen molar-refractivity contribution in [2.45, 2.75) is 6.92 Å². The van der Waals surface area contributed by atoms with Crippen LogP contribution in [0.15, 0.2) is 69.1 Å². The number of carbonyl (C=O) groups excluding carboxylic acids is 2. The number of furan rings is 1. The highest BCUT2D eigenvalue weighted by Crippen LogP contribution is 2.29. The SMILES string of the molecule is Cc1cc(C(=O)O)ccc1-c1ccc(/C=C2\C(=O)NC(=S)N(c3cccc(Br)c3)C2=O)o1. The van der Waals surface area contributed by atoms with E-state index in [1.54, 1.807) is 49.4 Å². The number of rotatable bonds is 4.